The average Bonchev–Trinajstić information content (AvgIpc) is 3.37. The lowest BCUT2D eigenvalue weighted by Gasteiger charge is -2.19. The van der Waals surface area contributed by atoms with Crippen LogP contribution in [0.25, 0.3) is 11.1 Å². The molecule has 3 aliphatic rings. The van der Waals surface area contributed by atoms with Gasteiger partial charge in [0, 0.05) is 0 Å². The molecule has 0 amide bonds. The summed E-state index contributed by atoms with van der Waals surface area (Å²) in [5.41, 5.74) is 5.09. The van der Waals surface area contributed by atoms with E-state index in [-0.39, 0.29) is 35.6 Å². The fraction of sp³-hybridized carbons (Fsp3) is 0.417. The number of hydrogen-bond acceptors (Lipinski definition) is 4. The summed E-state index contributed by atoms with van der Waals surface area (Å²) < 4.78 is 11.1. The lowest BCUT2D eigenvalue weighted by molar-refractivity contribution is -0.127. The molecule has 2 heterocycles. The first-order valence-corrected chi connectivity index (χ1v) is 9.98. The minimum Gasteiger partial charge on any atom is -0.497 e. The Morgan fingerprint density at radius 1 is 0.857 bits per heavy atom. The van der Waals surface area contributed by atoms with Crippen molar-refractivity contribution in [3.8, 4) is 16.9 Å². The van der Waals surface area contributed by atoms with E-state index >= 15 is 0 Å². The van der Waals surface area contributed by atoms with Crippen LogP contribution in [0.15, 0.2) is 36.4 Å². The van der Waals surface area contributed by atoms with Crippen molar-refractivity contribution in [2.45, 2.75) is 44.8 Å². The average molecular weight is 376 g/mol. The summed E-state index contributed by atoms with van der Waals surface area (Å²) in [5.74, 6) is -0.102. The molecule has 0 spiro atoms. The van der Waals surface area contributed by atoms with Crippen LogP contribution in [0, 0.1) is 25.7 Å². The number of ketones is 2. The van der Waals surface area contributed by atoms with Gasteiger partial charge in [-0.1, -0.05) is 24.3 Å². The third-order valence-electron chi connectivity index (χ3n) is 6.81. The van der Waals surface area contributed by atoms with E-state index in [0.29, 0.717) is 0 Å². The fourth-order valence-electron chi connectivity index (χ4n) is 5.59. The molecule has 4 nitrogen and oxygen atoms in total. The van der Waals surface area contributed by atoms with Gasteiger partial charge in [-0.25, -0.2) is 0 Å². The summed E-state index contributed by atoms with van der Waals surface area (Å²) in [4.78, 5) is 26.4. The van der Waals surface area contributed by atoms with Crippen molar-refractivity contribution in [2.24, 2.45) is 11.8 Å². The number of methoxy groups -OCH3 is 1. The summed E-state index contributed by atoms with van der Waals surface area (Å²) in [6.45, 7) is 4.02. The van der Waals surface area contributed by atoms with E-state index in [0.717, 1.165) is 46.4 Å². The Morgan fingerprint density at radius 3 is 1.89 bits per heavy atom. The van der Waals surface area contributed by atoms with Crippen LogP contribution in [0.3, 0.4) is 0 Å². The standard InChI is InChI=1S/C24H24O4/c1-12-10-15(14-4-6-16(27-3)7-5-14)11-13(2)19(12)22-23(25)20-17-8-9-18(28-17)21(20)24(22)26/h4-7,10-11,17-18,20-22H,8-9H2,1-3H3/t17?,18?,20-,21+,22?. The van der Waals surface area contributed by atoms with Gasteiger partial charge >= 0.3 is 0 Å². The number of Topliss-reactive ketones (excluding diaryl/α,β-unsaturated/α-hetero) is 2. The molecule has 0 radical (unpaired) electrons. The Kier molecular flexibility index (Phi) is 3.95. The van der Waals surface area contributed by atoms with Gasteiger partial charge in [-0.3, -0.25) is 9.59 Å². The Labute approximate surface area is 164 Å². The molecule has 2 aliphatic heterocycles. The molecule has 1 aliphatic carbocycles. The van der Waals surface area contributed by atoms with Gasteiger partial charge in [0.25, 0.3) is 0 Å². The molecule has 2 saturated heterocycles. The first-order chi connectivity index (χ1) is 13.5. The lowest BCUT2D eigenvalue weighted by atomic mass is 9.81. The van der Waals surface area contributed by atoms with Crippen molar-refractivity contribution in [3.05, 3.63) is 53.1 Å². The zero-order chi connectivity index (χ0) is 19.6. The number of rotatable bonds is 3. The normalized spacial score (nSPS) is 30.8. The number of ether oxygens (including phenoxy) is 2. The minimum absolute atomic E-state index is 0.0457. The van der Waals surface area contributed by atoms with Crippen LogP contribution in [0.5, 0.6) is 5.75 Å². The lowest BCUT2D eigenvalue weighted by Crippen LogP contribution is -2.29. The zero-order valence-electron chi connectivity index (χ0n) is 16.4. The highest BCUT2D eigenvalue weighted by Crippen LogP contribution is 2.53. The first kappa shape index (κ1) is 17.6. The molecule has 1 saturated carbocycles. The molecule has 2 bridgehead atoms. The molecule has 28 heavy (non-hydrogen) atoms. The van der Waals surface area contributed by atoms with Gasteiger partial charge in [0.1, 0.15) is 11.7 Å². The topological polar surface area (TPSA) is 52.6 Å². The molecule has 2 aromatic rings. The van der Waals surface area contributed by atoms with Crippen LogP contribution in [0.4, 0.5) is 0 Å². The molecule has 144 valence electrons. The van der Waals surface area contributed by atoms with Crippen LogP contribution in [-0.4, -0.2) is 30.9 Å². The predicted molar refractivity (Wildman–Crippen MR) is 106 cm³/mol. The molecule has 5 atom stereocenters. The SMILES string of the molecule is COc1ccc(-c2cc(C)c(C3C(=O)[C@@H]4C5CCC(O5)[C@@H]4C3=O)c(C)c2)cc1. The fourth-order valence-corrected chi connectivity index (χ4v) is 5.59. The van der Waals surface area contributed by atoms with Gasteiger partial charge in [0.05, 0.1) is 31.2 Å². The summed E-state index contributed by atoms with van der Waals surface area (Å²) >= 11 is 0. The number of fused-ring (bicyclic) bond motifs is 5. The largest absolute Gasteiger partial charge is 0.497 e. The van der Waals surface area contributed by atoms with Gasteiger partial charge in [-0.05, 0) is 66.6 Å². The molecule has 0 N–H and O–H groups in total. The highest BCUT2D eigenvalue weighted by molar-refractivity contribution is 6.17. The quantitative estimate of drug-likeness (QED) is 0.760. The number of benzene rings is 2. The molecule has 3 fully saturated rings. The van der Waals surface area contributed by atoms with Crippen LogP contribution in [0.1, 0.15) is 35.4 Å². The minimum atomic E-state index is -0.619. The van der Waals surface area contributed by atoms with Crippen LogP contribution in [0.2, 0.25) is 0 Å². The smallest absolute Gasteiger partial charge is 0.154 e. The van der Waals surface area contributed by atoms with Gasteiger partial charge < -0.3 is 9.47 Å². The van der Waals surface area contributed by atoms with E-state index in [9.17, 15) is 9.59 Å². The number of carbonyl (C=O) groups is 2. The van der Waals surface area contributed by atoms with E-state index in [2.05, 4.69) is 12.1 Å². The molecule has 4 heteroatoms. The first-order valence-electron chi connectivity index (χ1n) is 9.98. The Bertz CT molecular complexity index is 924. The maximum absolute atomic E-state index is 13.2. The molecule has 5 rings (SSSR count). The van der Waals surface area contributed by atoms with Crippen molar-refractivity contribution >= 4 is 11.6 Å². The van der Waals surface area contributed by atoms with E-state index in [1.165, 1.54) is 0 Å². The van der Waals surface area contributed by atoms with Crippen molar-refractivity contribution < 1.29 is 19.1 Å². The van der Waals surface area contributed by atoms with Gasteiger partial charge in [-0.2, -0.15) is 0 Å². The second-order valence-corrected chi connectivity index (χ2v) is 8.33. The van der Waals surface area contributed by atoms with E-state index < -0.39 is 5.92 Å². The maximum Gasteiger partial charge on any atom is 0.154 e. The molecular weight excluding hydrogens is 352 g/mol. The molecule has 0 aromatic heterocycles. The second-order valence-electron chi connectivity index (χ2n) is 8.33. The summed E-state index contributed by atoms with van der Waals surface area (Å²) in [6, 6.07) is 12.1. The van der Waals surface area contributed by atoms with Crippen molar-refractivity contribution in [3.63, 3.8) is 0 Å². The highest BCUT2D eigenvalue weighted by atomic mass is 16.5. The van der Waals surface area contributed by atoms with Gasteiger partial charge in [-0.15, -0.1) is 0 Å². The maximum atomic E-state index is 13.2. The molecule has 2 aromatic carbocycles. The highest BCUT2D eigenvalue weighted by Gasteiger charge is 2.63. The van der Waals surface area contributed by atoms with Gasteiger partial charge in [0.2, 0.25) is 0 Å². The van der Waals surface area contributed by atoms with Crippen LogP contribution in [-0.2, 0) is 14.3 Å². The predicted octanol–water partition coefficient (Wildman–Crippen LogP) is 4.01. The Hall–Kier alpha value is -2.46. The van der Waals surface area contributed by atoms with Crippen molar-refractivity contribution in [1.29, 1.82) is 0 Å². The summed E-state index contributed by atoms with van der Waals surface area (Å²) in [5, 5.41) is 0. The third kappa shape index (κ3) is 2.40. The number of carbonyl (C=O) groups excluding carboxylic acids is 2. The van der Waals surface area contributed by atoms with E-state index in [4.69, 9.17) is 9.47 Å². The molecule has 3 unspecified atom stereocenters. The zero-order valence-corrected chi connectivity index (χ0v) is 16.4. The van der Waals surface area contributed by atoms with E-state index in [1.54, 1.807) is 7.11 Å². The summed E-state index contributed by atoms with van der Waals surface area (Å²) in [7, 11) is 1.65. The van der Waals surface area contributed by atoms with Crippen LogP contribution < -0.4 is 4.74 Å². The Morgan fingerprint density at radius 2 is 1.39 bits per heavy atom. The second kappa shape index (κ2) is 6.28. The molecular formula is C24H24O4. The van der Waals surface area contributed by atoms with Gasteiger partial charge in [0.15, 0.2) is 11.6 Å². The monoisotopic (exact) mass is 376 g/mol. The van der Waals surface area contributed by atoms with Crippen LogP contribution >= 0.6 is 0 Å². The van der Waals surface area contributed by atoms with E-state index in [1.807, 2.05) is 38.1 Å². The van der Waals surface area contributed by atoms with Crippen molar-refractivity contribution in [2.75, 3.05) is 7.11 Å². The number of hydrogen-bond donors (Lipinski definition) is 0. The Balaban J connectivity index is 1.52. The number of aryl methyl sites for hydroxylation is 2. The summed E-state index contributed by atoms with van der Waals surface area (Å²) in [6.07, 6.45) is 1.73. The third-order valence-corrected chi connectivity index (χ3v) is 6.81. The van der Waals surface area contributed by atoms with Crippen molar-refractivity contribution in [1.82, 2.24) is 0 Å².